The van der Waals surface area contributed by atoms with Gasteiger partial charge in [-0.05, 0) is 72.4 Å². The summed E-state index contributed by atoms with van der Waals surface area (Å²) in [4.78, 5) is 12.4. The number of anilines is 1. The van der Waals surface area contributed by atoms with Crippen molar-refractivity contribution in [3.8, 4) is 11.1 Å². The summed E-state index contributed by atoms with van der Waals surface area (Å²) in [5.41, 5.74) is 4.93. The van der Waals surface area contributed by atoms with E-state index in [0.717, 1.165) is 33.4 Å². The van der Waals surface area contributed by atoms with Crippen molar-refractivity contribution in [3.05, 3.63) is 95.8 Å². The number of likely N-dealkylation sites (tertiary alicyclic amines) is 1. The normalized spacial score (nSPS) is 15.6. The first kappa shape index (κ1) is 22.0. The van der Waals surface area contributed by atoms with E-state index in [9.17, 15) is 9.18 Å². The van der Waals surface area contributed by atoms with Crippen LogP contribution in [0.15, 0.2) is 78.9 Å². The number of piperidine rings is 1. The van der Waals surface area contributed by atoms with Crippen molar-refractivity contribution in [3.63, 3.8) is 0 Å². The number of carbonyl (C=O) groups is 1. The van der Waals surface area contributed by atoms with Crippen molar-refractivity contribution in [1.29, 1.82) is 0 Å². The molecule has 0 aromatic heterocycles. The van der Waals surface area contributed by atoms with E-state index in [1.165, 1.54) is 56.1 Å². The van der Waals surface area contributed by atoms with Crippen LogP contribution in [-0.2, 0) is 11.3 Å². The fraction of sp³-hybridized carbons (Fsp3) is 0.250. The van der Waals surface area contributed by atoms with Gasteiger partial charge in [0, 0.05) is 17.3 Å². The fourth-order valence-corrected chi connectivity index (χ4v) is 4.39. The summed E-state index contributed by atoms with van der Waals surface area (Å²) in [5, 5.41) is 2.93. The summed E-state index contributed by atoms with van der Waals surface area (Å²) in [7, 11) is 2.34. The Kier molecular flexibility index (Phi) is 6.81. The lowest BCUT2D eigenvalue weighted by Gasteiger charge is -2.37. The largest absolute Gasteiger partial charge is 0.323 e. The van der Waals surface area contributed by atoms with Crippen LogP contribution in [0.4, 0.5) is 10.1 Å². The Bertz CT molecular complexity index is 1080. The van der Waals surface area contributed by atoms with Gasteiger partial charge < -0.3 is 9.80 Å². The van der Waals surface area contributed by atoms with Gasteiger partial charge in [-0.3, -0.25) is 4.79 Å². The molecule has 164 valence electrons. The molecule has 1 fully saturated rings. The standard InChI is InChI=1S/C28H29FN2O/c1-31(18-3-2-4-19-31)21-23-8-15-27(16-9-23)30-28(32)17-10-22-6-5-7-25(20-22)24-11-13-26(29)14-12-24/h5-17,20H,2-4,18-19,21H2,1H3/p+1. The van der Waals surface area contributed by atoms with Crippen LogP contribution < -0.4 is 5.32 Å². The van der Waals surface area contributed by atoms with E-state index in [1.54, 1.807) is 18.2 Å². The van der Waals surface area contributed by atoms with Crippen LogP contribution in [0.5, 0.6) is 0 Å². The van der Waals surface area contributed by atoms with Crippen LogP contribution >= 0.6 is 0 Å². The van der Waals surface area contributed by atoms with Gasteiger partial charge in [-0.1, -0.05) is 42.5 Å². The van der Waals surface area contributed by atoms with Gasteiger partial charge >= 0.3 is 0 Å². The Morgan fingerprint density at radius 2 is 1.66 bits per heavy atom. The van der Waals surface area contributed by atoms with E-state index in [-0.39, 0.29) is 11.7 Å². The molecule has 1 saturated heterocycles. The minimum Gasteiger partial charge on any atom is -0.323 e. The number of hydrogen-bond acceptors (Lipinski definition) is 1. The van der Waals surface area contributed by atoms with Gasteiger partial charge in [0.2, 0.25) is 5.91 Å². The number of nitrogens with zero attached hydrogens (tertiary/aromatic N) is 1. The summed E-state index contributed by atoms with van der Waals surface area (Å²) >= 11 is 0. The Labute approximate surface area is 189 Å². The van der Waals surface area contributed by atoms with Crippen molar-refractivity contribution in [1.82, 2.24) is 0 Å². The molecule has 1 N–H and O–H groups in total. The molecule has 0 unspecified atom stereocenters. The molecule has 0 spiro atoms. The lowest BCUT2D eigenvalue weighted by atomic mass is 10.0. The molecule has 3 aromatic carbocycles. The third-order valence-electron chi connectivity index (χ3n) is 6.17. The lowest BCUT2D eigenvalue weighted by molar-refractivity contribution is -0.926. The SMILES string of the molecule is C[N+]1(Cc2ccc(NC(=O)C=Cc3cccc(-c4ccc(F)cc4)c3)cc2)CCCCC1. The van der Waals surface area contributed by atoms with Crippen molar-refractivity contribution < 1.29 is 13.7 Å². The van der Waals surface area contributed by atoms with Crippen molar-refractivity contribution in [2.75, 3.05) is 25.5 Å². The van der Waals surface area contributed by atoms with Crippen molar-refractivity contribution in [2.45, 2.75) is 25.8 Å². The zero-order valence-corrected chi connectivity index (χ0v) is 18.6. The number of carbonyl (C=O) groups excluding carboxylic acids is 1. The van der Waals surface area contributed by atoms with E-state index in [1.807, 2.05) is 36.4 Å². The molecule has 4 heteroatoms. The Hall–Kier alpha value is -3.24. The van der Waals surface area contributed by atoms with Crippen LogP contribution in [0.25, 0.3) is 17.2 Å². The Morgan fingerprint density at radius 3 is 2.38 bits per heavy atom. The van der Waals surface area contributed by atoms with E-state index in [4.69, 9.17) is 0 Å². The summed E-state index contributed by atoms with van der Waals surface area (Å²) < 4.78 is 14.3. The van der Waals surface area contributed by atoms with E-state index < -0.39 is 0 Å². The Balaban J connectivity index is 1.35. The minimum absolute atomic E-state index is 0.167. The molecule has 4 rings (SSSR count). The topological polar surface area (TPSA) is 29.1 Å². The maximum absolute atomic E-state index is 13.2. The highest BCUT2D eigenvalue weighted by molar-refractivity contribution is 6.02. The van der Waals surface area contributed by atoms with Crippen molar-refractivity contribution >= 4 is 17.7 Å². The molecule has 1 aliphatic rings. The first-order chi connectivity index (χ1) is 15.5. The van der Waals surface area contributed by atoms with Gasteiger partial charge in [0.1, 0.15) is 12.4 Å². The van der Waals surface area contributed by atoms with Crippen LogP contribution in [0.2, 0.25) is 0 Å². The van der Waals surface area contributed by atoms with Crippen molar-refractivity contribution in [2.24, 2.45) is 0 Å². The van der Waals surface area contributed by atoms with Gasteiger partial charge in [-0.2, -0.15) is 0 Å². The molecule has 0 bridgehead atoms. The smallest absolute Gasteiger partial charge is 0.248 e. The van der Waals surface area contributed by atoms with Crippen LogP contribution in [0.3, 0.4) is 0 Å². The van der Waals surface area contributed by atoms with E-state index in [0.29, 0.717) is 0 Å². The lowest BCUT2D eigenvalue weighted by Crippen LogP contribution is -2.46. The molecule has 3 aromatic rings. The second-order valence-electron chi connectivity index (χ2n) is 8.94. The second-order valence-corrected chi connectivity index (χ2v) is 8.94. The highest BCUT2D eigenvalue weighted by Gasteiger charge is 2.24. The zero-order chi connectivity index (χ0) is 22.4. The molecule has 32 heavy (non-hydrogen) atoms. The number of nitrogens with one attached hydrogen (secondary N) is 1. The van der Waals surface area contributed by atoms with Gasteiger partial charge in [-0.25, -0.2) is 4.39 Å². The second kappa shape index (κ2) is 9.92. The summed E-state index contributed by atoms with van der Waals surface area (Å²) in [5.74, 6) is -0.420. The monoisotopic (exact) mass is 429 g/mol. The fourth-order valence-electron chi connectivity index (χ4n) is 4.39. The number of benzene rings is 3. The number of halogens is 1. The highest BCUT2D eigenvalue weighted by atomic mass is 19.1. The highest BCUT2D eigenvalue weighted by Crippen LogP contribution is 2.22. The average Bonchev–Trinajstić information content (AvgIpc) is 2.80. The van der Waals surface area contributed by atoms with Gasteiger partial charge in [0.15, 0.2) is 0 Å². The predicted molar refractivity (Wildman–Crippen MR) is 129 cm³/mol. The van der Waals surface area contributed by atoms with Crippen LogP contribution in [0.1, 0.15) is 30.4 Å². The van der Waals surface area contributed by atoms with Gasteiger partial charge in [0.05, 0.1) is 20.1 Å². The number of rotatable bonds is 6. The molecule has 3 nitrogen and oxygen atoms in total. The summed E-state index contributed by atoms with van der Waals surface area (Å²) in [6, 6.07) is 22.4. The third-order valence-corrected chi connectivity index (χ3v) is 6.17. The molecular formula is C28H30FN2O+. The Morgan fingerprint density at radius 1 is 0.938 bits per heavy atom. The molecular weight excluding hydrogens is 399 g/mol. The quantitative estimate of drug-likeness (QED) is 0.363. The average molecular weight is 430 g/mol. The maximum atomic E-state index is 13.2. The van der Waals surface area contributed by atoms with Crippen LogP contribution in [0, 0.1) is 5.82 Å². The number of amides is 1. The zero-order valence-electron chi connectivity index (χ0n) is 18.6. The van der Waals surface area contributed by atoms with E-state index >= 15 is 0 Å². The number of hydrogen-bond donors (Lipinski definition) is 1. The molecule has 1 aliphatic heterocycles. The maximum Gasteiger partial charge on any atom is 0.248 e. The first-order valence-electron chi connectivity index (χ1n) is 11.3. The first-order valence-corrected chi connectivity index (χ1v) is 11.3. The number of quaternary nitrogens is 1. The van der Waals surface area contributed by atoms with Crippen LogP contribution in [-0.4, -0.2) is 30.5 Å². The molecule has 1 heterocycles. The molecule has 1 amide bonds. The molecule has 0 radical (unpaired) electrons. The molecule has 0 saturated carbocycles. The van der Waals surface area contributed by atoms with Gasteiger partial charge in [-0.15, -0.1) is 0 Å². The minimum atomic E-state index is -0.253. The van der Waals surface area contributed by atoms with E-state index in [2.05, 4.69) is 24.5 Å². The summed E-state index contributed by atoms with van der Waals surface area (Å²) in [6.07, 6.45) is 7.30. The summed E-state index contributed by atoms with van der Waals surface area (Å²) in [6.45, 7) is 3.52. The van der Waals surface area contributed by atoms with Gasteiger partial charge in [0.25, 0.3) is 0 Å². The third kappa shape index (κ3) is 5.92. The predicted octanol–water partition coefficient (Wildman–Crippen LogP) is 6.28. The molecule has 0 atom stereocenters. The molecule has 0 aliphatic carbocycles.